The number of carbonyl (C=O) groups is 2. The van der Waals surface area contributed by atoms with Crippen molar-refractivity contribution in [1.82, 2.24) is 4.90 Å². The second-order valence-electron chi connectivity index (χ2n) is 6.22. The molecular formula is C14H23NO3. The quantitative estimate of drug-likeness (QED) is 0.762. The Kier molecular flexibility index (Phi) is 3.76. The summed E-state index contributed by atoms with van der Waals surface area (Å²) in [5.41, 5.74) is -0.619. The molecule has 102 valence electrons. The molecule has 0 bridgehead atoms. The number of likely N-dealkylation sites (tertiary alicyclic amines) is 1. The van der Waals surface area contributed by atoms with Gasteiger partial charge in [0.1, 0.15) is 0 Å². The zero-order valence-corrected chi connectivity index (χ0v) is 11.3. The van der Waals surface area contributed by atoms with Crippen molar-refractivity contribution in [2.24, 2.45) is 11.8 Å². The van der Waals surface area contributed by atoms with Crippen LogP contribution < -0.4 is 0 Å². The van der Waals surface area contributed by atoms with Crippen molar-refractivity contribution in [2.45, 2.75) is 57.9 Å². The normalized spacial score (nSPS) is 35.1. The van der Waals surface area contributed by atoms with Crippen LogP contribution in [0.4, 0.5) is 0 Å². The Balaban J connectivity index is 2.25. The smallest absolute Gasteiger partial charge is 0.230 e. The molecule has 1 saturated carbocycles. The molecule has 0 aromatic heterocycles. The molecule has 2 unspecified atom stereocenters. The van der Waals surface area contributed by atoms with Gasteiger partial charge in [0.15, 0.2) is 0 Å². The minimum atomic E-state index is -0.619. The third kappa shape index (κ3) is 2.30. The first kappa shape index (κ1) is 13.5. The summed E-state index contributed by atoms with van der Waals surface area (Å²) < 4.78 is 0. The molecule has 4 heteroatoms. The fraction of sp³-hybridized carbons (Fsp3) is 0.857. The van der Waals surface area contributed by atoms with E-state index in [0.29, 0.717) is 18.8 Å². The van der Waals surface area contributed by atoms with Crippen molar-refractivity contribution in [2.75, 3.05) is 6.61 Å². The summed E-state index contributed by atoms with van der Waals surface area (Å²) in [5, 5.41) is 9.77. The van der Waals surface area contributed by atoms with E-state index in [9.17, 15) is 14.7 Å². The van der Waals surface area contributed by atoms with Gasteiger partial charge in [-0.05, 0) is 24.7 Å². The molecule has 18 heavy (non-hydrogen) atoms. The lowest BCUT2D eigenvalue weighted by atomic mass is 9.74. The molecule has 2 amide bonds. The summed E-state index contributed by atoms with van der Waals surface area (Å²) in [5.74, 6) is 0.410. The maximum Gasteiger partial charge on any atom is 0.230 e. The Hall–Kier alpha value is -0.900. The van der Waals surface area contributed by atoms with E-state index in [1.165, 1.54) is 4.90 Å². The summed E-state index contributed by atoms with van der Waals surface area (Å²) in [4.78, 5) is 25.8. The van der Waals surface area contributed by atoms with Gasteiger partial charge in [-0.25, -0.2) is 0 Å². The van der Waals surface area contributed by atoms with Gasteiger partial charge < -0.3 is 5.11 Å². The zero-order chi connectivity index (χ0) is 13.3. The van der Waals surface area contributed by atoms with Gasteiger partial charge in [-0.3, -0.25) is 14.5 Å². The number of rotatable bonds is 2. The van der Waals surface area contributed by atoms with Crippen LogP contribution in [0.1, 0.15) is 52.4 Å². The van der Waals surface area contributed by atoms with Gasteiger partial charge in [-0.15, -0.1) is 0 Å². The lowest BCUT2D eigenvalue weighted by Crippen LogP contribution is -2.60. The van der Waals surface area contributed by atoms with Crippen molar-refractivity contribution in [3.05, 3.63) is 0 Å². The zero-order valence-electron chi connectivity index (χ0n) is 11.3. The van der Waals surface area contributed by atoms with Crippen LogP contribution in [0.5, 0.6) is 0 Å². The van der Waals surface area contributed by atoms with Crippen LogP contribution in [-0.2, 0) is 9.59 Å². The number of nitrogens with zero attached hydrogens (tertiary/aromatic N) is 1. The molecule has 1 saturated heterocycles. The highest BCUT2D eigenvalue weighted by Crippen LogP contribution is 2.39. The number of hydrogen-bond acceptors (Lipinski definition) is 3. The largest absolute Gasteiger partial charge is 0.394 e. The van der Waals surface area contributed by atoms with Crippen molar-refractivity contribution >= 4 is 11.8 Å². The topological polar surface area (TPSA) is 57.6 Å². The van der Waals surface area contributed by atoms with Crippen LogP contribution in [0, 0.1) is 11.8 Å². The number of hydrogen-bond donors (Lipinski definition) is 1. The maximum absolute atomic E-state index is 12.2. The average molecular weight is 253 g/mol. The first-order chi connectivity index (χ1) is 8.48. The molecule has 4 nitrogen and oxygen atoms in total. The van der Waals surface area contributed by atoms with Gasteiger partial charge in [-0.2, -0.15) is 0 Å². The molecule has 1 aliphatic carbocycles. The van der Waals surface area contributed by atoms with Crippen molar-refractivity contribution in [3.63, 3.8) is 0 Å². The highest BCUT2D eigenvalue weighted by atomic mass is 16.3. The van der Waals surface area contributed by atoms with Crippen LogP contribution in [0.15, 0.2) is 0 Å². The van der Waals surface area contributed by atoms with E-state index in [1.54, 1.807) is 0 Å². The molecule has 2 aliphatic rings. The molecule has 1 heterocycles. The molecule has 0 aromatic carbocycles. The Bertz CT molecular complexity index is 337. The highest BCUT2D eigenvalue weighted by Gasteiger charge is 2.47. The first-order valence-corrected chi connectivity index (χ1v) is 6.95. The van der Waals surface area contributed by atoms with Gasteiger partial charge in [0.2, 0.25) is 11.8 Å². The minimum Gasteiger partial charge on any atom is -0.394 e. The minimum absolute atomic E-state index is 0.0940. The number of carbonyl (C=O) groups excluding carboxylic acids is 2. The standard InChI is InChI=1S/C14H23NO3/c1-10-4-3-5-14(8-10,9-16)15-12(17)6-11(2)7-13(15)18/h10-11,16H,3-9H2,1-2H3. The second-order valence-corrected chi connectivity index (χ2v) is 6.22. The summed E-state index contributed by atoms with van der Waals surface area (Å²) >= 11 is 0. The summed E-state index contributed by atoms with van der Waals surface area (Å²) in [7, 11) is 0. The van der Waals surface area contributed by atoms with E-state index < -0.39 is 5.54 Å². The maximum atomic E-state index is 12.2. The fourth-order valence-corrected chi connectivity index (χ4v) is 3.57. The van der Waals surface area contributed by atoms with Crippen LogP contribution >= 0.6 is 0 Å². The predicted octanol–water partition coefficient (Wildman–Crippen LogP) is 1.71. The summed E-state index contributed by atoms with van der Waals surface area (Å²) in [6, 6.07) is 0. The van der Waals surface area contributed by atoms with Crippen LogP contribution in [0.2, 0.25) is 0 Å². The van der Waals surface area contributed by atoms with Gasteiger partial charge in [-0.1, -0.05) is 26.7 Å². The van der Waals surface area contributed by atoms with Gasteiger partial charge in [0, 0.05) is 12.8 Å². The Morgan fingerprint density at radius 2 is 1.83 bits per heavy atom. The number of amides is 2. The van der Waals surface area contributed by atoms with Crippen LogP contribution in [0.25, 0.3) is 0 Å². The predicted molar refractivity (Wildman–Crippen MR) is 67.7 cm³/mol. The average Bonchev–Trinajstić information content (AvgIpc) is 2.27. The van der Waals surface area contributed by atoms with E-state index in [2.05, 4.69) is 6.92 Å². The second kappa shape index (κ2) is 5.00. The molecule has 1 aliphatic heterocycles. The van der Waals surface area contributed by atoms with Crippen LogP contribution in [-0.4, -0.2) is 34.0 Å². The lowest BCUT2D eigenvalue weighted by molar-refractivity contribution is -0.162. The number of aliphatic hydroxyl groups is 1. The molecule has 2 atom stereocenters. The van der Waals surface area contributed by atoms with Gasteiger partial charge in [0.25, 0.3) is 0 Å². The Morgan fingerprint density at radius 3 is 2.33 bits per heavy atom. The van der Waals surface area contributed by atoms with E-state index in [0.717, 1.165) is 25.7 Å². The van der Waals surface area contributed by atoms with Crippen molar-refractivity contribution < 1.29 is 14.7 Å². The first-order valence-electron chi connectivity index (χ1n) is 6.95. The van der Waals surface area contributed by atoms with E-state index in [1.807, 2.05) is 6.92 Å². The molecular weight excluding hydrogens is 230 g/mol. The van der Waals surface area contributed by atoms with E-state index >= 15 is 0 Å². The Labute approximate surface area is 108 Å². The van der Waals surface area contributed by atoms with Gasteiger partial charge in [0.05, 0.1) is 12.1 Å². The molecule has 0 aromatic rings. The van der Waals surface area contributed by atoms with E-state index in [4.69, 9.17) is 0 Å². The summed E-state index contributed by atoms with van der Waals surface area (Å²) in [6.07, 6.45) is 4.46. The third-order valence-corrected chi connectivity index (χ3v) is 4.38. The number of imide groups is 1. The molecule has 0 spiro atoms. The molecule has 2 fully saturated rings. The fourth-order valence-electron chi connectivity index (χ4n) is 3.57. The number of aliphatic hydroxyl groups excluding tert-OH is 1. The third-order valence-electron chi connectivity index (χ3n) is 4.38. The highest BCUT2D eigenvalue weighted by molar-refractivity contribution is 5.98. The van der Waals surface area contributed by atoms with Crippen LogP contribution in [0.3, 0.4) is 0 Å². The molecule has 0 radical (unpaired) electrons. The molecule has 2 rings (SSSR count). The monoisotopic (exact) mass is 253 g/mol. The van der Waals surface area contributed by atoms with E-state index in [-0.39, 0.29) is 24.3 Å². The SMILES string of the molecule is CC1CC(=O)N(C2(CO)CCCC(C)C2)C(=O)C1. The lowest BCUT2D eigenvalue weighted by Gasteiger charge is -2.47. The molecule has 1 N–H and O–H groups in total. The van der Waals surface area contributed by atoms with Gasteiger partial charge >= 0.3 is 0 Å². The van der Waals surface area contributed by atoms with Crippen molar-refractivity contribution in [3.8, 4) is 0 Å². The number of piperidine rings is 1. The van der Waals surface area contributed by atoms with Crippen molar-refractivity contribution in [1.29, 1.82) is 0 Å². The summed E-state index contributed by atoms with van der Waals surface area (Å²) in [6.45, 7) is 3.97. The Morgan fingerprint density at radius 1 is 1.22 bits per heavy atom.